The van der Waals surface area contributed by atoms with Crippen molar-refractivity contribution in [2.75, 3.05) is 26.9 Å². The Kier molecular flexibility index (Phi) is 4.92. The predicted octanol–water partition coefficient (Wildman–Crippen LogP) is 2.41. The van der Waals surface area contributed by atoms with E-state index in [-0.39, 0.29) is 11.9 Å². The molecule has 1 fully saturated rings. The zero-order valence-electron chi connectivity index (χ0n) is 13.2. The van der Waals surface area contributed by atoms with Crippen molar-refractivity contribution in [2.24, 2.45) is 0 Å². The third-order valence-corrected chi connectivity index (χ3v) is 4.01. The van der Waals surface area contributed by atoms with Gasteiger partial charge in [-0.05, 0) is 31.0 Å². The molecule has 1 atom stereocenters. The number of amides is 1. The largest absolute Gasteiger partial charge is 0.475 e. The van der Waals surface area contributed by atoms with Gasteiger partial charge in [0.1, 0.15) is 6.61 Å². The summed E-state index contributed by atoms with van der Waals surface area (Å²) in [6.45, 7) is 1.67. The van der Waals surface area contributed by atoms with Gasteiger partial charge in [0.2, 0.25) is 5.88 Å². The van der Waals surface area contributed by atoms with E-state index in [0.717, 1.165) is 25.1 Å². The number of H-pyrrole nitrogens is 1. The molecule has 2 aromatic rings. The molecule has 2 aromatic heterocycles. The molecule has 0 aliphatic carbocycles. The number of aromatic nitrogens is 2. The van der Waals surface area contributed by atoms with Crippen molar-refractivity contribution in [3.05, 3.63) is 47.9 Å². The van der Waals surface area contributed by atoms with Crippen molar-refractivity contribution in [3.8, 4) is 5.88 Å². The summed E-state index contributed by atoms with van der Waals surface area (Å²) < 4.78 is 10.4. The molecule has 3 heterocycles. The number of methoxy groups -OCH3 is 1. The summed E-state index contributed by atoms with van der Waals surface area (Å²) in [5, 5.41) is 0. The molecule has 0 radical (unpaired) electrons. The van der Waals surface area contributed by atoms with Gasteiger partial charge in [-0.3, -0.25) is 4.79 Å². The Balaban J connectivity index is 1.73. The summed E-state index contributed by atoms with van der Waals surface area (Å²) in [6.07, 6.45) is 5.49. The van der Waals surface area contributed by atoms with Crippen LogP contribution in [-0.4, -0.2) is 47.6 Å². The summed E-state index contributed by atoms with van der Waals surface area (Å²) in [5.74, 6) is 0.463. The number of carbonyl (C=O) groups excluding carboxylic acids is 1. The summed E-state index contributed by atoms with van der Waals surface area (Å²) in [7, 11) is 1.62. The number of carbonyl (C=O) groups is 1. The molecule has 0 saturated carbocycles. The van der Waals surface area contributed by atoms with Crippen LogP contribution in [0.5, 0.6) is 5.88 Å². The molecule has 6 nitrogen and oxygen atoms in total. The van der Waals surface area contributed by atoms with Gasteiger partial charge in [0.25, 0.3) is 5.91 Å². The van der Waals surface area contributed by atoms with Crippen LogP contribution in [0.2, 0.25) is 0 Å². The Bertz CT molecular complexity index is 642. The first kappa shape index (κ1) is 15.6. The molecule has 0 aromatic carbocycles. The van der Waals surface area contributed by atoms with Gasteiger partial charge in [-0.1, -0.05) is 0 Å². The van der Waals surface area contributed by atoms with E-state index >= 15 is 0 Å². The maximum atomic E-state index is 12.8. The second-order valence-corrected chi connectivity index (χ2v) is 5.51. The molecular formula is C17H21N3O3. The van der Waals surface area contributed by atoms with E-state index in [2.05, 4.69) is 9.97 Å². The number of aromatic amines is 1. The molecule has 1 N–H and O–H groups in total. The molecule has 1 aliphatic heterocycles. The van der Waals surface area contributed by atoms with Crippen molar-refractivity contribution < 1.29 is 14.3 Å². The minimum atomic E-state index is 0.0149. The summed E-state index contributed by atoms with van der Waals surface area (Å²) in [4.78, 5) is 22.1. The first-order chi connectivity index (χ1) is 11.3. The maximum absolute atomic E-state index is 12.8. The van der Waals surface area contributed by atoms with E-state index in [0.29, 0.717) is 24.7 Å². The quantitative estimate of drug-likeness (QED) is 0.831. The lowest BCUT2D eigenvalue weighted by molar-refractivity contribution is 0.0732. The van der Waals surface area contributed by atoms with Crippen LogP contribution in [0.25, 0.3) is 0 Å². The molecule has 6 heteroatoms. The molecule has 3 rings (SSSR count). The molecule has 1 aliphatic rings. The fraction of sp³-hybridized carbons (Fsp3) is 0.412. The molecule has 122 valence electrons. The van der Waals surface area contributed by atoms with Gasteiger partial charge in [0.05, 0.1) is 12.6 Å². The fourth-order valence-corrected chi connectivity index (χ4v) is 2.90. The fourth-order valence-electron chi connectivity index (χ4n) is 2.90. The SMILES string of the molecule is COCCOc1cc(C(=O)N2CCC[C@H]2c2ccc[nH]2)ccn1. The topological polar surface area (TPSA) is 67.5 Å². The van der Waals surface area contributed by atoms with Crippen molar-refractivity contribution in [1.82, 2.24) is 14.9 Å². The monoisotopic (exact) mass is 315 g/mol. The standard InChI is InChI=1S/C17H21N3O3/c1-22-10-11-23-16-12-13(6-8-19-16)17(21)20-9-3-5-15(20)14-4-2-7-18-14/h2,4,6-8,12,15,18H,3,5,9-11H2,1H3/t15-/m0/s1. The summed E-state index contributed by atoms with van der Waals surface area (Å²) >= 11 is 0. The minimum absolute atomic E-state index is 0.0149. The number of nitrogens with zero attached hydrogens (tertiary/aromatic N) is 2. The maximum Gasteiger partial charge on any atom is 0.254 e. The number of hydrogen-bond acceptors (Lipinski definition) is 4. The third kappa shape index (κ3) is 3.53. The predicted molar refractivity (Wildman–Crippen MR) is 85.4 cm³/mol. The Morgan fingerprint density at radius 1 is 1.43 bits per heavy atom. The van der Waals surface area contributed by atoms with Crippen molar-refractivity contribution in [3.63, 3.8) is 0 Å². The zero-order valence-corrected chi connectivity index (χ0v) is 13.2. The van der Waals surface area contributed by atoms with E-state index in [1.807, 2.05) is 23.2 Å². The smallest absolute Gasteiger partial charge is 0.254 e. The number of hydrogen-bond donors (Lipinski definition) is 1. The minimum Gasteiger partial charge on any atom is -0.475 e. The van der Waals surface area contributed by atoms with E-state index in [1.54, 1.807) is 25.4 Å². The van der Waals surface area contributed by atoms with Crippen LogP contribution >= 0.6 is 0 Å². The lowest BCUT2D eigenvalue weighted by Crippen LogP contribution is -2.30. The Morgan fingerprint density at radius 3 is 3.13 bits per heavy atom. The molecule has 1 amide bonds. The molecule has 1 saturated heterocycles. The van der Waals surface area contributed by atoms with Crippen LogP contribution in [0.15, 0.2) is 36.7 Å². The van der Waals surface area contributed by atoms with Crippen LogP contribution in [0.3, 0.4) is 0 Å². The average Bonchev–Trinajstić information content (AvgIpc) is 3.25. The Labute approximate surface area is 135 Å². The average molecular weight is 315 g/mol. The van der Waals surface area contributed by atoms with E-state index in [1.165, 1.54) is 0 Å². The van der Waals surface area contributed by atoms with Crippen LogP contribution in [0.4, 0.5) is 0 Å². The van der Waals surface area contributed by atoms with Crippen LogP contribution in [-0.2, 0) is 4.74 Å². The van der Waals surface area contributed by atoms with Crippen molar-refractivity contribution in [2.45, 2.75) is 18.9 Å². The number of pyridine rings is 1. The van der Waals surface area contributed by atoms with Crippen LogP contribution in [0.1, 0.15) is 34.9 Å². The number of ether oxygens (including phenoxy) is 2. The van der Waals surface area contributed by atoms with Gasteiger partial charge in [-0.2, -0.15) is 0 Å². The van der Waals surface area contributed by atoms with Gasteiger partial charge >= 0.3 is 0 Å². The van der Waals surface area contributed by atoms with Crippen LogP contribution in [0, 0.1) is 0 Å². The van der Waals surface area contributed by atoms with Gasteiger partial charge in [0.15, 0.2) is 0 Å². The van der Waals surface area contributed by atoms with Gasteiger partial charge < -0.3 is 19.4 Å². The lowest BCUT2D eigenvalue weighted by Gasteiger charge is -2.24. The second kappa shape index (κ2) is 7.28. The second-order valence-electron chi connectivity index (χ2n) is 5.51. The van der Waals surface area contributed by atoms with E-state index < -0.39 is 0 Å². The zero-order chi connectivity index (χ0) is 16.1. The third-order valence-electron chi connectivity index (χ3n) is 4.01. The highest BCUT2D eigenvalue weighted by atomic mass is 16.5. The first-order valence-electron chi connectivity index (χ1n) is 7.81. The highest BCUT2D eigenvalue weighted by Crippen LogP contribution is 2.32. The van der Waals surface area contributed by atoms with Gasteiger partial charge in [-0.15, -0.1) is 0 Å². The highest BCUT2D eigenvalue weighted by Gasteiger charge is 2.31. The van der Waals surface area contributed by atoms with Crippen LogP contribution < -0.4 is 4.74 Å². The Morgan fingerprint density at radius 2 is 2.35 bits per heavy atom. The van der Waals surface area contributed by atoms with Crippen molar-refractivity contribution in [1.29, 1.82) is 0 Å². The summed E-state index contributed by atoms with van der Waals surface area (Å²) in [6, 6.07) is 7.54. The Hall–Kier alpha value is -2.34. The molecule has 0 spiro atoms. The van der Waals surface area contributed by atoms with E-state index in [4.69, 9.17) is 9.47 Å². The molecule has 0 bridgehead atoms. The number of nitrogens with one attached hydrogen (secondary N) is 1. The normalized spacial score (nSPS) is 17.4. The first-order valence-corrected chi connectivity index (χ1v) is 7.81. The number of rotatable bonds is 6. The summed E-state index contributed by atoms with van der Waals surface area (Å²) in [5.41, 5.74) is 1.69. The highest BCUT2D eigenvalue weighted by molar-refractivity contribution is 5.94. The molecule has 23 heavy (non-hydrogen) atoms. The van der Waals surface area contributed by atoms with Gasteiger partial charge in [-0.25, -0.2) is 4.98 Å². The van der Waals surface area contributed by atoms with E-state index in [9.17, 15) is 4.79 Å². The molecule has 0 unspecified atom stereocenters. The molecular weight excluding hydrogens is 294 g/mol. The number of likely N-dealkylation sites (tertiary alicyclic amines) is 1. The lowest BCUT2D eigenvalue weighted by atomic mass is 10.1. The van der Waals surface area contributed by atoms with Crippen molar-refractivity contribution >= 4 is 5.91 Å². The van der Waals surface area contributed by atoms with Gasteiger partial charge in [0, 0.05) is 43.4 Å².